The molecule has 5 nitrogen and oxygen atoms in total. The fourth-order valence-electron chi connectivity index (χ4n) is 2.80. The van der Waals surface area contributed by atoms with Gasteiger partial charge in [-0.1, -0.05) is 6.07 Å². The number of nitrogens with one attached hydrogen (secondary N) is 1. The molecule has 1 aliphatic heterocycles. The van der Waals surface area contributed by atoms with E-state index in [4.69, 9.17) is 4.74 Å². The third-order valence-corrected chi connectivity index (χ3v) is 4.01. The molecular weight excluding hydrogens is 290 g/mol. The summed E-state index contributed by atoms with van der Waals surface area (Å²) in [6.45, 7) is 10.3. The molecule has 0 aromatic carbocycles. The van der Waals surface area contributed by atoms with E-state index in [9.17, 15) is 4.79 Å². The fourth-order valence-corrected chi connectivity index (χ4v) is 2.80. The standard InChI is InChI=1S/C18H29N3O2/c1-14(16-9-5-6-10-19-16)20-12-15-8-7-11-21(13-15)17(22)23-18(2,3)4/h5-6,9-10,14-15,20H,7-8,11-13H2,1-4H3. The second-order valence-corrected chi connectivity index (χ2v) is 7.32. The molecule has 128 valence electrons. The van der Waals surface area contributed by atoms with E-state index in [1.807, 2.05) is 50.1 Å². The highest BCUT2D eigenvalue weighted by Crippen LogP contribution is 2.20. The number of carbonyl (C=O) groups is 1. The van der Waals surface area contributed by atoms with Crippen LogP contribution in [-0.2, 0) is 4.74 Å². The molecule has 5 heteroatoms. The third-order valence-electron chi connectivity index (χ3n) is 4.01. The first-order chi connectivity index (χ1) is 10.8. The number of ether oxygens (including phenoxy) is 1. The van der Waals surface area contributed by atoms with Gasteiger partial charge in [0, 0.05) is 31.9 Å². The Bertz CT molecular complexity index is 499. The van der Waals surface area contributed by atoms with Crippen LogP contribution >= 0.6 is 0 Å². The van der Waals surface area contributed by atoms with E-state index in [1.54, 1.807) is 0 Å². The second kappa shape index (κ2) is 7.77. The lowest BCUT2D eigenvalue weighted by Gasteiger charge is -2.34. The van der Waals surface area contributed by atoms with Crippen molar-refractivity contribution in [2.75, 3.05) is 19.6 Å². The summed E-state index contributed by atoms with van der Waals surface area (Å²) in [5, 5.41) is 3.54. The van der Waals surface area contributed by atoms with Gasteiger partial charge in [-0.15, -0.1) is 0 Å². The Balaban J connectivity index is 1.81. The minimum absolute atomic E-state index is 0.194. The normalized spacial score (nSPS) is 20.2. The number of carbonyl (C=O) groups excluding carboxylic acids is 1. The molecule has 2 unspecified atom stereocenters. The summed E-state index contributed by atoms with van der Waals surface area (Å²) in [5.74, 6) is 0.461. The van der Waals surface area contributed by atoms with E-state index in [0.717, 1.165) is 38.2 Å². The molecule has 1 aromatic rings. The molecule has 1 fully saturated rings. The van der Waals surface area contributed by atoms with Crippen LogP contribution in [0.1, 0.15) is 52.3 Å². The lowest BCUT2D eigenvalue weighted by Crippen LogP contribution is -2.45. The van der Waals surface area contributed by atoms with E-state index in [-0.39, 0.29) is 12.1 Å². The number of pyridine rings is 1. The molecule has 2 rings (SSSR count). The molecular formula is C18H29N3O2. The number of nitrogens with zero attached hydrogens (tertiary/aromatic N) is 2. The molecule has 0 spiro atoms. The Hall–Kier alpha value is -1.62. The Labute approximate surface area is 139 Å². The minimum atomic E-state index is -0.435. The zero-order chi connectivity index (χ0) is 16.9. The molecule has 1 N–H and O–H groups in total. The summed E-state index contributed by atoms with van der Waals surface area (Å²) in [4.78, 5) is 18.4. The first-order valence-electron chi connectivity index (χ1n) is 8.47. The maximum Gasteiger partial charge on any atom is 0.410 e. The Morgan fingerprint density at radius 2 is 2.26 bits per heavy atom. The molecule has 0 bridgehead atoms. The highest BCUT2D eigenvalue weighted by molar-refractivity contribution is 5.68. The average Bonchev–Trinajstić information content (AvgIpc) is 2.52. The van der Waals surface area contributed by atoms with E-state index in [0.29, 0.717) is 5.92 Å². The maximum atomic E-state index is 12.2. The summed E-state index contributed by atoms with van der Waals surface area (Å²) in [6.07, 6.45) is 3.79. The highest BCUT2D eigenvalue weighted by Gasteiger charge is 2.27. The van der Waals surface area contributed by atoms with Crippen LogP contribution in [0.25, 0.3) is 0 Å². The number of aromatic nitrogens is 1. The SMILES string of the molecule is CC(NCC1CCCN(C(=O)OC(C)(C)C)C1)c1ccccn1. The van der Waals surface area contributed by atoms with Gasteiger partial charge in [0.1, 0.15) is 5.60 Å². The van der Waals surface area contributed by atoms with E-state index in [1.165, 1.54) is 0 Å². The molecule has 1 aromatic heterocycles. The van der Waals surface area contributed by atoms with Crippen LogP contribution in [0, 0.1) is 5.92 Å². The van der Waals surface area contributed by atoms with Crippen LogP contribution < -0.4 is 5.32 Å². The molecule has 0 radical (unpaired) electrons. The van der Waals surface area contributed by atoms with Crippen molar-refractivity contribution in [2.24, 2.45) is 5.92 Å². The molecule has 2 heterocycles. The molecule has 1 aliphatic rings. The van der Waals surface area contributed by atoms with Crippen molar-refractivity contribution in [1.29, 1.82) is 0 Å². The van der Waals surface area contributed by atoms with Gasteiger partial charge in [-0.3, -0.25) is 4.98 Å². The molecule has 0 aliphatic carbocycles. The molecule has 1 saturated heterocycles. The van der Waals surface area contributed by atoms with E-state index < -0.39 is 5.60 Å². The predicted molar refractivity (Wildman–Crippen MR) is 91.2 cm³/mol. The number of hydrogen-bond acceptors (Lipinski definition) is 4. The van der Waals surface area contributed by atoms with Gasteiger partial charge in [0.05, 0.1) is 5.69 Å². The van der Waals surface area contributed by atoms with Crippen molar-refractivity contribution in [3.8, 4) is 0 Å². The van der Waals surface area contributed by atoms with Gasteiger partial charge in [-0.25, -0.2) is 4.79 Å². The third kappa shape index (κ3) is 5.82. The lowest BCUT2D eigenvalue weighted by atomic mass is 9.98. The molecule has 1 amide bonds. The summed E-state index contributed by atoms with van der Waals surface area (Å²) < 4.78 is 5.48. The summed E-state index contributed by atoms with van der Waals surface area (Å²) in [7, 11) is 0. The van der Waals surface area contributed by atoms with E-state index >= 15 is 0 Å². The molecule has 23 heavy (non-hydrogen) atoms. The summed E-state index contributed by atoms with van der Waals surface area (Å²) in [6, 6.07) is 6.18. The zero-order valence-corrected chi connectivity index (χ0v) is 14.7. The van der Waals surface area contributed by atoms with Gasteiger partial charge < -0.3 is 15.0 Å². The van der Waals surface area contributed by atoms with Gasteiger partial charge in [-0.05, 0) is 58.6 Å². The zero-order valence-electron chi connectivity index (χ0n) is 14.7. The van der Waals surface area contributed by atoms with Crippen LogP contribution in [0.15, 0.2) is 24.4 Å². The minimum Gasteiger partial charge on any atom is -0.444 e. The van der Waals surface area contributed by atoms with Crippen LogP contribution in [0.2, 0.25) is 0 Å². The van der Waals surface area contributed by atoms with E-state index in [2.05, 4.69) is 17.2 Å². The van der Waals surface area contributed by atoms with Crippen molar-refractivity contribution in [3.63, 3.8) is 0 Å². The first kappa shape index (κ1) is 17.7. The molecule has 0 saturated carbocycles. The van der Waals surface area contributed by atoms with Gasteiger partial charge in [-0.2, -0.15) is 0 Å². The van der Waals surface area contributed by atoms with Crippen molar-refractivity contribution in [3.05, 3.63) is 30.1 Å². The molecule has 2 atom stereocenters. The number of hydrogen-bond donors (Lipinski definition) is 1. The van der Waals surface area contributed by atoms with Crippen LogP contribution in [-0.4, -0.2) is 41.2 Å². The van der Waals surface area contributed by atoms with Crippen LogP contribution in [0.3, 0.4) is 0 Å². The number of rotatable bonds is 4. The maximum absolute atomic E-state index is 12.2. The van der Waals surface area contributed by atoms with Gasteiger partial charge in [0.2, 0.25) is 0 Å². The van der Waals surface area contributed by atoms with Gasteiger partial charge in [0.15, 0.2) is 0 Å². The highest BCUT2D eigenvalue weighted by atomic mass is 16.6. The van der Waals surface area contributed by atoms with Crippen molar-refractivity contribution < 1.29 is 9.53 Å². The number of likely N-dealkylation sites (tertiary alicyclic amines) is 1. The smallest absolute Gasteiger partial charge is 0.410 e. The predicted octanol–water partition coefficient (Wildman–Crippen LogP) is 3.38. The summed E-state index contributed by atoms with van der Waals surface area (Å²) >= 11 is 0. The van der Waals surface area contributed by atoms with Gasteiger partial charge >= 0.3 is 6.09 Å². The monoisotopic (exact) mass is 319 g/mol. The van der Waals surface area contributed by atoms with Gasteiger partial charge in [0.25, 0.3) is 0 Å². The Morgan fingerprint density at radius 1 is 1.48 bits per heavy atom. The Morgan fingerprint density at radius 3 is 2.91 bits per heavy atom. The number of piperidine rings is 1. The largest absolute Gasteiger partial charge is 0.444 e. The summed E-state index contributed by atoms with van der Waals surface area (Å²) in [5.41, 5.74) is 0.614. The van der Waals surface area contributed by atoms with Crippen LogP contribution in [0.4, 0.5) is 4.79 Å². The fraction of sp³-hybridized carbons (Fsp3) is 0.667. The average molecular weight is 319 g/mol. The topological polar surface area (TPSA) is 54.5 Å². The van der Waals surface area contributed by atoms with Crippen molar-refractivity contribution >= 4 is 6.09 Å². The number of amides is 1. The van der Waals surface area contributed by atoms with Crippen molar-refractivity contribution in [2.45, 2.75) is 52.2 Å². The quantitative estimate of drug-likeness (QED) is 0.924. The lowest BCUT2D eigenvalue weighted by molar-refractivity contribution is 0.0165. The first-order valence-corrected chi connectivity index (χ1v) is 8.47. The van der Waals surface area contributed by atoms with Crippen molar-refractivity contribution in [1.82, 2.24) is 15.2 Å². The van der Waals surface area contributed by atoms with Crippen LogP contribution in [0.5, 0.6) is 0 Å². The Kier molecular flexibility index (Phi) is 5.99. The second-order valence-electron chi connectivity index (χ2n) is 7.32.